The van der Waals surface area contributed by atoms with Crippen molar-refractivity contribution in [3.8, 4) is 0 Å². The lowest BCUT2D eigenvalue weighted by atomic mass is 9.92. The third kappa shape index (κ3) is 1.41. The van der Waals surface area contributed by atoms with Crippen LogP contribution in [0.4, 0.5) is 0 Å². The number of aliphatic hydroxyl groups excluding tert-OH is 1. The first kappa shape index (κ1) is 6.99. The Morgan fingerprint density at radius 3 is 2.67 bits per heavy atom. The van der Waals surface area contributed by atoms with E-state index in [-0.39, 0.29) is 0 Å². The fourth-order valence-electron chi connectivity index (χ4n) is 0.967. The van der Waals surface area contributed by atoms with Crippen LogP contribution in [0, 0.1) is 0 Å². The van der Waals surface area contributed by atoms with Crippen LogP contribution in [-0.2, 0) is 0 Å². The molecule has 0 aliphatic carbocycles. The van der Waals surface area contributed by atoms with Gasteiger partial charge in [0.15, 0.2) is 0 Å². The molecule has 1 fully saturated rings. The summed E-state index contributed by atoms with van der Waals surface area (Å²) in [5, 5.41) is 21.5. The maximum atomic E-state index is 9.35. The number of β-amino-alcohol motifs (C(OH)–C–C–N with tert-alkyl or cyclic N) is 1. The Morgan fingerprint density at radius 1 is 1.67 bits per heavy atom. The Hall–Kier alpha value is -0.120. The smallest absolute Gasteiger partial charge is 0.0948 e. The second-order valence-electron chi connectivity index (χ2n) is 2.83. The summed E-state index contributed by atoms with van der Waals surface area (Å²) in [6.45, 7) is 2.97. The molecule has 0 aromatic rings. The quantitative estimate of drug-likeness (QED) is 0.399. The van der Waals surface area contributed by atoms with E-state index in [9.17, 15) is 5.11 Å². The van der Waals surface area contributed by atoms with Gasteiger partial charge in [0.05, 0.1) is 11.7 Å². The largest absolute Gasteiger partial charge is 0.389 e. The molecule has 1 heterocycles. The Bertz CT molecular complexity index is 103. The van der Waals surface area contributed by atoms with Crippen molar-refractivity contribution < 1.29 is 10.2 Å². The molecule has 1 aliphatic rings. The van der Waals surface area contributed by atoms with Crippen LogP contribution in [-0.4, -0.2) is 35.0 Å². The van der Waals surface area contributed by atoms with E-state index in [2.05, 4.69) is 5.32 Å². The maximum Gasteiger partial charge on any atom is 0.0948 e. The van der Waals surface area contributed by atoms with E-state index in [0.717, 1.165) is 6.54 Å². The van der Waals surface area contributed by atoms with E-state index in [1.165, 1.54) is 0 Å². The van der Waals surface area contributed by atoms with Gasteiger partial charge in [0.1, 0.15) is 0 Å². The monoisotopic (exact) mass is 131 g/mol. The van der Waals surface area contributed by atoms with Crippen LogP contribution in [0.1, 0.15) is 13.3 Å². The standard InChI is InChI=1S/C6H13NO2/c1-6(9)2-3-7-4-5(6)8/h5,7-9H,2-4H2,1H3/t5-,6-/m0/s1. The molecule has 0 aromatic heterocycles. The molecule has 2 atom stereocenters. The highest BCUT2D eigenvalue weighted by atomic mass is 16.3. The van der Waals surface area contributed by atoms with Crippen LogP contribution in [0.15, 0.2) is 0 Å². The molecule has 0 unspecified atom stereocenters. The van der Waals surface area contributed by atoms with Crippen molar-refractivity contribution in [1.29, 1.82) is 0 Å². The zero-order valence-corrected chi connectivity index (χ0v) is 5.59. The Balaban J connectivity index is 2.49. The van der Waals surface area contributed by atoms with Crippen molar-refractivity contribution in [2.24, 2.45) is 0 Å². The Kier molecular flexibility index (Phi) is 1.75. The highest BCUT2D eigenvalue weighted by Crippen LogP contribution is 2.16. The molecule has 0 spiro atoms. The third-order valence-corrected chi connectivity index (χ3v) is 1.86. The predicted octanol–water partition coefficient (Wildman–Crippen LogP) is -0.908. The minimum absolute atomic E-state index is 0.507. The third-order valence-electron chi connectivity index (χ3n) is 1.86. The fraction of sp³-hybridized carbons (Fsp3) is 1.00. The summed E-state index contributed by atoms with van der Waals surface area (Å²) in [5.74, 6) is 0. The van der Waals surface area contributed by atoms with Crippen LogP contribution in [0.25, 0.3) is 0 Å². The van der Waals surface area contributed by atoms with Crippen LogP contribution in [0.5, 0.6) is 0 Å². The van der Waals surface area contributed by atoms with E-state index in [1.54, 1.807) is 6.92 Å². The van der Waals surface area contributed by atoms with Gasteiger partial charge in [-0.1, -0.05) is 0 Å². The molecule has 1 rings (SSSR count). The topological polar surface area (TPSA) is 52.5 Å². The van der Waals surface area contributed by atoms with Crippen molar-refractivity contribution in [2.45, 2.75) is 25.0 Å². The molecule has 0 amide bonds. The first-order chi connectivity index (χ1) is 4.13. The van der Waals surface area contributed by atoms with Gasteiger partial charge in [-0.05, 0) is 19.9 Å². The van der Waals surface area contributed by atoms with Crippen molar-refractivity contribution >= 4 is 0 Å². The van der Waals surface area contributed by atoms with Gasteiger partial charge < -0.3 is 15.5 Å². The van der Waals surface area contributed by atoms with Gasteiger partial charge in [0.25, 0.3) is 0 Å². The van der Waals surface area contributed by atoms with Gasteiger partial charge in [-0.25, -0.2) is 0 Å². The highest BCUT2D eigenvalue weighted by molar-refractivity contribution is 4.87. The number of nitrogens with one attached hydrogen (secondary N) is 1. The number of rotatable bonds is 0. The molecule has 3 N–H and O–H groups in total. The normalized spacial score (nSPS) is 45.0. The summed E-state index contributed by atoms with van der Waals surface area (Å²) in [5.41, 5.74) is -0.870. The van der Waals surface area contributed by atoms with Gasteiger partial charge in [-0.2, -0.15) is 0 Å². The van der Waals surface area contributed by atoms with Gasteiger partial charge >= 0.3 is 0 Å². The van der Waals surface area contributed by atoms with Crippen molar-refractivity contribution in [1.82, 2.24) is 5.32 Å². The number of hydrogen-bond acceptors (Lipinski definition) is 3. The second-order valence-corrected chi connectivity index (χ2v) is 2.83. The average molecular weight is 131 g/mol. The Morgan fingerprint density at radius 2 is 2.33 bits per heavy atom. The van der Waals surface area contributed by atoms with E-state index in [1.807, 2.05) is 0 Å². The van der Waals surface area contributed by atoms with E-state index in [0.29, 0.717) is 13.0 Å². The molecule has 3 nitrogen and oxygen atoms in total. The summed E-state index contributed by atoms with van der Waals surface area (Å²) in [6.07, 6.45) is 0.0278. The van der Waals surface area contributed by atoms with Crippen LogP contribution < -0.4 is 5.32 Å². The fourth-order valence-corrected chi connectivity index (χ4v) is 0.967. The minimum atomic E-state index is -0.870. The summed E-state index contributed by atoms with van der Waals surface area (Å²) in [4.78, 5) is 0. The summed E-state index contributed by atoms with van der Waals surface area (Å²) >= 11 is 0. The van der Waals surface area contributed by atoms with E-state index >= 15 is 0 Å². The molecule has 0 aromatic carbocycles. The van der Waals surface area contributed by atoms with Gasteiger partial charge in [0.2, 0.25) is 0 Å². The molecule has 0 bridgehead atoms. The molecule has 0 radical (unpaired) electrons. The van der Waals surface area contributed by atoms with Crippen molar-refractivity contribution in [2.75, 3.05) is 13.1 Å². The summed E-state index contributed by atoms with van der Waals surface area (Å²) in [6, 6.07) is 0. The predicted molar refractivity (Wildman–Crippen MR) is 34.1 cm³/mol. The average Bonchev–Trinajstić information content (AvgIpc) is 1.77. The minimum Gasteiger partial charge on any atom is -0.389 e. The molecule has 3 heteroatoms. The van der Waals surface area contributed by atoms with Crippen LogP contribution in [0.3, 0.4) is 0 Å². The molecular weight excluding hydrogens is 118 g/mol. The molecule has 9 heavy (non-hydrogen) atoms. The lowest BCUT2D eigenvalue weighted by Gasteiger charge is -2.33. The lowest BCUT2D eigenvalue weighted by Crippen LogP contribution is -2.52. The molecule has 54 valence electrons. The van der Waals surface area contributed by atoms with E-state index in [4.69, 9.17) is 5.11 Å². The highest BCUT2D eigenvalue weighted by Gasteiger charge is 2.32. The maximum absolute atomic E-state index is 9.35. The Labute approximate surface area is 54.7 Å². The first-order valence-corrected chi connectivity index (χ1v) is 3.24. The molecular formula is C6H13NO2. The lowest BCUT2D eigenvalue weighted by molar-refractivity contribution is -0.0783. The number of hydrogen-bond donors (Lipinski definition) is 3. The number of aliphatic hydroxyl groups is 2. The van der Waals surface area contributed by atoms with Crippen LogP contribution in [0.2, 0.25) is 0 Å². The van der Waals surface area contributed by atoms with Gasteiger partial charge in [-0.15, -0.1) is 0 Å². The number of piperidine rings is 1. The zero-order chi connectivity index (χ0) is 6.91. The van der Waals surface area contributed by atoms with Gasteiger partial charge in [-0.3, -0.25) is 0 Å². The molecule has 1 saturated heterocycles. The van der Waals surface area contributed by atoms with Crippen LogP contribution >= 0.6 is 0 Å². The molecule has 0 saturated carbocycles. The second kappa shape index (κ2) is 2.25. The van der Waals surface area contributed by atoms with Crippen molar-refractivity contribution in [3.63, 3.8) is 0 Å². The van der Waals surface area contributed by atoms with Crippen molar-refractivity contribution in [3.05, 3.63) is 0 Å². The summed E-state index contributed by atoms with van der Waals surface area (Å²) < 4.78 is 0. The first-order valence-electron chi connectivity index (χ1n) is 3.24. The van der Waals surface area contributed by atoms with Gasteiger partial charge in [0, 0.05) is 6.54 Å². The zero-order valence-electron chi connectivity index (χ0n) is 5.59. The van der Waals surface area contributed by atoms with E-state index < -0.39 is 11.7 Å². The summed E-state index contributed by atoms with van der Waals surface area (Å²) in [7, 11) is 0. The molecule has 1 aliphatic heterocycles. The SMILES string of the molecule is C[C@]1(O)CCNC[C@@H]1O.